The van der Waals surface area contributed by atoms with E-state index in [4.69, 9.17) is 0 Å². The van der Waals surface area contributed by atoms with E-state index in [1.54, 1.807) is 0 Å². The molecule has 0 aromatic carbocycles. The van der Waals surface area contributed by atoms with Crippen molar-refractivity contribution >= 4 is 0 Å². The molecule has 118 valence electrons. The second kappa shape index (κ2) is 7.29. The standard InChI is InChI=1S/C19H37N/c1-13(2)16-6-8-17(9-7-16)19(20-5)18-11-14(3)10-15(4)12-18/h13-20H,6-12H2,1-5H3. The highest BCUT2D eigenvalue weighted by molar-refractivity contribution is 4.89. The van der Waals surface area contributed by atoms with Crippen LogP contribution in [0.1, 0.15) is 72.6 Å². The highest BCUT2D eigenvalue weighted by atomic mass is 14.9. The van der Waals surface area contributed by atoms with Crippen molar-refractivity contribution in [2.75, 3.05) is 7.05 Å². The Morgan fingerprint density at radius 3 is 1.70 bits per heavy atom. The Hall–Kier alpha value is -0.0400. The minimum atomic E-state index is 0.785. The lowest BCUT2D eigenvalue weighted by molar-refractivity contribution is 0.112. The van der Waals surface area contributed by atoms with Crippen LogP contribution < -0.4 is 5.32 Å². The van der Waals surface area contributed by atoms with Crippen LogP contribution >= 0.6 is 0 Å². The minimum absolute atomic E-state index is 0.785. The van der Waals surface area contributed by atoms with Crippen LogP contribution in [-0.2, 0) is 0 Å². The fraction of sp³-hybridized carbons (Fsp3) is 1.00. The second-order valence-electron chi connectivity index (χ2n) is 8.41. The normalized spacial score (nSPS) is 40.8. The molecular formula is C19H37N. The van der Waals surface area contributed by atoms with Gasteiger partial charge in [-0.05, 0) is 87.5 Å². The maximum absolute atomic E-state index is 3.73. The highest BCUT2D eigenvalue weighted by Gasteiger charge is 2.35. The van der Waals surface area contributed by atoms with Crippen LogP contribution in [0.5, 0.6) is 0 Å². The summed E-state index contributed by atoms with van der Waals surface area (Å²) in [6.45, 7) is 9.74. The molecule has 3 unspecified atom stereocenters. The molecule has 2 fully saturated rings. The van der Waals surface area contributed by atoms with E-state index < -0.39 is 0 Å². The number of hydrogen-bond acceptors (Lipinski definition) is 1. The number of nitrogens with one attached hydrogen (secondary N) is 1. The Balaban J connectivity index is 1.92. The van der Waals surface area contributed by atoms with E-state index in [0.717, 1.165) is 41.5 Å². The van der Waals surface area contributed by atoms with Crippen molar-refractivity contribution in [1.29, 1.82) is 0 Å². The topological polar surface area (TPSA) is 12.0 Å². The molecule has 0 spiro atoms. The first-order valence-electron chi connectivity index (χ1n) is 9.18. The van der Waals surface area contributed by atoms with E-state index in [1.807, 2.05) is 0 Å². The van der Waals surface area contributed by atoms with E-state index in [2.05, 4.69) is 40.1 Å². The second-order valence-corrected chi connectivity index (χ2v) is 8.41. The van der Waals surface area contributed by atoms with E-state index in [9.17, 15) is 0 Å². The maximum atomic E-state index is 3.73. The molecule has 2 rings (SSSR count). The molecule has 1 nitrogen and oxygen atoms in total. The largest absolute Gasteiger partial charge is 0.316 e. The summed E-state index contributed by atoms with van der Waals surface area (Å²) in [7, 11) is 2.21. The van der Waals surface area contributed by atoms with Gasteiger partial charge in [0.2, 0.25) is 0 Å². The molecule has 0 amide bonds. The molecule has 20 heavy (non-hydrogen) atoms. The first kappa shape index (κ1) is 16.3. The summed E-state index contributed by atoms with van der Waals surface area (Å²) in [4.78, 5) is 0. The summed E-state index contributed by atoms with van der Waals surface area (Å²) in [6, 6.07) is 0.785. The van der Waals surface area contributed by atoms with Gasteiger partial charge in [-0.3, -0.25) is 0 Å². The fourth-order valence-corrected chi connectivity index (χ4v) is 5.33. The van der Waals surface area contributed by atoms with E-state index >= 15 is 0 Å². The average molecular weight is 280 g/mol. The van der Waals surface area contributed by atoms with Crippen molar-refractivity contribution in [2.24, 2.45) is 35.5 Å². The van der Waals surface area contributed by atoms with Crippen LogP contribution in [0.15, 0.2) is 0 Å². The van der Waals surface area contributed by atoms with Gasteiger partial charge in [-0.2, -0.15) is 0 Å². The molecule has 2 saturated carbocycles. The monoisotopic (exact) mass is 279 g/mol. The zero-order chi connectivity index (χ0) is 14.7. The molecule has 0 aromatic heterocycles. The minimum Gasteiger partial charge on any atom is -0.316 e. The van der Waals surface area contributed by atoms with E-state index in [1.165, 1.54) is 44.9 Å². The van der Waals surface area contributed by atoms with E-state index in [0.29, 0.717) is 0 Å². The molecule has 0 aromatic rings. The number of hydrogen-bond donors (Lipinski definition) is 1. The van der Waals surface area contributed by atoms with Crippen LogP contribution in [0.2, 0.25) is 0 Å². The quantitative estimate of drug-likeness (QED) is 0.754. The van der Waals surface area contributed by atoms with Crippen LogP contribution in [-0.4, -0.2) is 13.1 Å². The molecule has 1 heteroatoms. The van der Waals surface area contributed by atoms with Gasteiger partial charge >= 0.3 is 0 Å². The third-order valence-corrected chi connectivity index (χ3v) is 6.32. The molecule has 3 atom stereocenters. The van der Waals surface area contributed by atoms with Gasteiger partial charge < -0.3 is 5.32 Å². The first-order valence-corrected chi connectivity index (χ1v) is 9.18. The summed E-state index contributed by atoms with van der Waals surface area (Å²) >= 11 is 0. The summed E-state index contributed by atoms with van der Waals surface area (Å²) in [5, 5.41) is 3.73. The molecule has 0 radical (unpaired) electrons. The zero-order valence-corrected chi connectivity index (χ0v) is 14.5. The molecular weight excluding hydrogens is 242 g/mol. The van der Waals surface area contributed by atoms with Crippen molar-refractivity contribution in [3.05, 3.63) is 0 Å². The number of rotatable bonds is 4. The van der Waals surface area contributed by atoms with Gasteiger partial charge in [0, 0.05) is 6.04 Å². The molecule has 2 aliphatic carbocycles. The van der Waals surface area contributed by atoms with Gasteiger partial charge in [-0.1, -0.05) is 27.7 Å². The van der Waals surface area contributed by atoms with Gasteiger partial charge in [-0.25, -0.2) is 0 Å². The fourth-order valence-electron chi connectivity index (χ4n) is 5.33. The van der Waals surface area contributed by atoms with Gasteiger partial charge in [0.05, 0.1) is 0 Å². The molecule has 0 bridgehead atoms. The predicted octanol–water partition coefficient (Wildman–Crippen LogP) is 5.11. The van der Waals surface area contributed by atoms with Crippen molar-refractivity contribution in [2.45, 2.75) is 78.7 Å². The van der Waals surface area contributed by atoms with Crippen LogP contribution in [0.4, 0.5) is 0 Å². The first-order chi connectivity index (χ1) is 9.51. The third-order valence-electron chi connectivity index (χ3n) is 6.32. The summed E-state index contributed by atoms with van der Waals surface area (Å²) in [5.41, 5.74) is 0. The van der Waals surface area contributed by atoms with Crippen molar-refractivity contribution < 1.29 is 0 Å². The lowest BCUT2D eigenvalue weighted by Crippen LogP contribution is -2.44. The van der Waals surface area contributed by atoms with Crippen molar-refractivity contribution in [3.63, 3.8) is 0 Å². The zero-order valence-electron chi connectivity index (χ0n) is 14.5. The Bertz CT molecular complexity index is 267. The van der Waals surface area contributed by atoms with Crippen LogP contribution in [0, 0.1) is 35.5 Å². The third kappa shape index (κ3) is 4.00. The predicted molar refractivity (Wildman–Crippen MR) is 88.8 cm³/mol. The van der Waals surface area contributed by atoms with Crippen LogP contribution in [0.3, 0.4) is 0 Å². The molecule has 0 heterocycles. The van der Waals surface area contributed by atoms with Crippen molar-refractivity contribution in [3.8, 4) is 0 Å². The highest BCUT2D eigenvalue weighted by Crippen LogP contribution is 2.41. The average Bonchev–Trinajstić information content (AvgIpc) is 2.39. The smallest absolute Gasteiger partial charge is 0.0121 e. The van der Waals surface area contributed by atoms with Gasteiger partial charge in [0.1, 0.15) is 0 Å². The van der Waals surface area contributed by atoms with Gasteiger partial charge in [0.15, 0.2) is 0 Å². The van der Waals surface area contributed by atoms with E-state index in [-0.39, 0.29) is 0 Å². The molecule has 0 aliphatic heterocycles. The lowest BCUT2D eigenvalue weighted by atomic mass is 9.67. The van der Waals surface area contributed by atoms with Gasteiger partial charge in [-0.15, -0.1) is 0 Å². The Labute approximate surface area is 127 Å². The summed E-state index contributed by atoms with van der Waals surface area (Å²) < 4.78 is 0. The van der Waals surface area contributed by atoms with Crippen molar-refractivity contribution in [1.82, 2.24) is 5.32 Å². The van der Waals surface area contributed by atoms with Gasteiger partial charge in [0.25, 0.3) is 0 Å². The summed E-state index contributed by atoms with van der Waals surface area (Å²) in [6.07, 6.45) is 10.2. The molecule has 0 saturated heterocycles. The van der Waals surface area contributed by atoms with Crippen LogP contribution in [0.25, 0.3) is 0 Å². The maximum Gasteiger partial charge on any atom is 0.0121 e. The lowest BCUT2D eigenvalue weighted by Gasteiger charge is -2.42. The summed E-state index contributed by atoms with van der Waals surface area (Å²) in [5.74, 6) is 5.63. The Kier molecular flexibility index (Phi) is 5.95. The Morgan fingerprint density at radius 1 is 0.750 bits per heavy atom. The molecule has 1 N–H and O–H groups in total. The Morgan fingerprint density at radius 2 is 1.25 bits per heavy atom. The SMILES string of the molecule is CNC(C1CCC(C(C)C)CC1)C1CC(C)CC(C)C1. The molecule has 2 aliphatic rings.